The summed E-state index contributed by atoms with van der Waals surface area (Å²) in [6.45, 7) is 15.4. The Labute approximate surface area is 123 Å². The van der Waals surface area contributed by atoms with Crippen molar-refractivity contribution in [2.24, 2.45) is 11.8 Å². The quantitative estimate of drug-likeness (QED) is 0.429. The molecule has 2 nitrogen and oxygen atoms in total. The van der Waals surface area contributed by atoms with Crippen LogP contribution >= 0.6 is 0 Å². The molecule has 0 unspecified atom stereocenters. The zero-order chi connectivity index (χ0) is 15.7. The average molecular weight is 276 g/mol. The van der Waals surface area contributed by atoms with Gasteiger partial charge in [-0.25, -0.2) is 0 Å². The molecule has 0 heterocycles. The molecule has 0 aliphatic carbocycles. The number of ketones is 2. The van der Waals surface area contributed by atoms with Crippen molar-refractivity contribution in [3.05, 3.63) is 36.5 Å². The molecule has 0 rings (SSSR count). The number of carbonyl (C=O) groups excluding carboxylic acids is 2. The van der Waals surface area contributed by atoms with Crippen LogP contribution in [0.5, 0.6) is 0 Å². The van der Waals surface area contributed by atoms with E-state index in [-0.39, 0.29) is 23.4 Å². The summed E-state index contributed by atoms with van der Waals surface area (Å²) in [4.78, 5) is 25.0. The lowest BCUT2D eigenvalue weighted by atomic mass is 9.85. The fourth-order valence-corrected chi connectivity index (χ4v) is 2.45. The summed E-state index contributed by atoms with van der Waals surface area (Å²) >= 11 is 0. The van der Waals surface area contributed by atoms with E-state index in [9.17, 15) is 9.59 Å². The molecule has 0 atom stereocenters. The van der Waals surface area contributed by atoms with E-state index in [1.54, 1.807) is 0 Å². The zero-order valence-corrected chi connectivity index (χ0v) is 13.4. The lowest BCUT2D eigenvalue weighted by Gasteiger charge is -2.17. The third-order valence-electron chi connectivity index (χ3n) is 3.94. The highest BCUT2D eigenvalue weighted by Gasteiger charge is 2.25. The fraction of sp³-hybridized carbons (Fsp3) is 0.556. The molecule has 0 fully saturated rings. The van der Waals surface area contributed by atoms with E-state index < -0.39 is 0 Å². The molecule has 0 saturated heterocycles. The summed E-state index contributed by atoms with van der Waals surface area (Å²) < 4.78 is 0. The Bertz CT molecular complexity index is 356. The first kappa shape index (κ1) is 18.6. The van der Waals surface area contributed by atoms with Crippen molar-refractivity contribution < 1.29 is 9.59 Å². The highest BCUT2D eigenvalue weighted by atomic mass is 16.1. The molecule has 0 bridgehead atoms. The Morgan fingerprint density at radius 1 is 0.750 bits per heavy atom. The first-order chi connectivity index (χ1) is 9.51. The van der Waals surface area contributed by atoms with E-state index in [4.69, 9.17) is 0 Å². The average Bonchev–Trinajstić information content (AvgIpc) is 2.46. The number of carbonyl (C=O) groups is 2. The molecule has 0 aliphatic rings. The molecule has 112 valence electrons. The summed E-state index contributed by atoms with van der Waals surface area (Å²) in [6.07, 6.45) is 6.12. The first-order valence-corrected chi connectivity index (χ1v) is 7.59. The van der Waals surface area contributed by atoms with E-state index in [0.717, 1.165) is 25.7 Å². The summed E-state index contributed by atoms with van der Waals surface area (Å²) in [7, 11) is 0. The van der Waals surface area contributed by atoms with Gasteiger partial charge in [-0.2, -0.15) is 0 Å². The highest BCUT2D eigenvalue weighted by molar-refractivity contribution is 6.11. The number of Topliss-reactive ketones (excluding diaryl/α,β-unsaturated/α-hetero) is 2. The largest absolute Gasteiger partial charge is 0.294 e. The predicted molar refractivity (Wildman–Crippen MR) is 85.6 cm³/mol. The zero-order valence-electron chi connectivity index (χ0n) is 13.4. The minimum absolute atomic E-state index is 0.0132. The van der Waals surface area contributed by atoms with Crippen molar-refractivity contribution in [2.75, 3.05) is 0 Å². The van der Waals surface area contributed by atoms with Crippen molar-refractivity contribution in [3.63, 3.8) is 0 Å². The lowest BCUT2D eigenvalue weighted by Crippen LogP contribution is -2.21. The standard InChI is InChI=1S/C18H28O2/c1-7-13(8-2)17(19)15(11-5)16(12-6)18(20)14(9-3)10-4/h11-14H,5-10H2,1-4H3/b16-15-. The monoisotopic (exact) mass is 276 g/mol. The topological polar surface area (TPSA) is 34.1 Å². The van der Waals surface area contributed by atoms with Gasteiger partial charge in [0.2, 0.25) is 0 Å². The van der Waals surface area contributed by atoms with Crippen LogP contribution in [0.3, 0.4) is 0 Å². The Morgan fingerprint density at radius 2 is 1.00 bits per heavy atom. The van der Waals surface area contributed by atoms with E-state index in [1.165, 1.54) is 12.2 Å². The van der Waals surface area contributed by atoms with Crippen LogP contribution in [0.2, 0.25) is 0 Å². The second-order valence-corrected chi connectivity index (χ2v) is 4.99. The molecule has 0 aromatic rings. The Kier molecular flexibility index (Phi) is 8.78. The van der Waals surface area contributed by atoms with Gasteiger partial charge in [0.1, 0.15) is 0 Å². The van der Waals surface area contributed by atoms with Crippen LogP contribution in [0.1, 0.15) is 53.4 Å². The number of allylic oxidation sites excluding steroid dienone is 4. The van der Waals surface area contributed by atoms with Crippen molar-refractivity contribution in [3.8, 4) is 0 Å². The predicted octanol–water partition coefficient (Wildman–Crippen LogP) is 4.67. The van der Waals surface area contributed by atoms with E-state index >= 15 is 0 Å². The van der Waals surface area contributed by atoms with Crippen LogP contribution in [0.15, 0.2) is 36.5 Å². The van der Waals surface area contributed by atoms with Gasteiger partial charge in [-0.15, -0.1) is 0 Å². The fourth-order valence-electron chi connectivity index (χ4n) is 2.45. The lowest BCUT2D eigenvalue weighted by molar-refractivity contribution is -0.121. The molecule has 2 heteroatoms. The van der Waals surface area contributed by atoms with Gasteiger partial charge >= 0.3 is 0 Å². The van der Waals surface area contributed by atoms with Gasteiger partial charge < -0.3 is 0 Å². The van der Waals surface area contributed by atoms with Gasteiger partial charge in [0.15, 0.2) is 11.6 Å². The normalized spacial score (nSPS) is 12.3. The summed E-state index contributed by atoms with van der Waals surface area (Å²) in [5, 5.41) is 0. The van der Waals surface area contributed by atoms with Crippen molar-refractivity contribution in [1.29, 1.82) is 0 Å². The minimum atomic E-state index is -0.0487. The third-order valence-corrected chi connectivity index (χ3v) is 3.94. The molecule has 0 saturated carbocycles. The van der Waals surface area contributed by atoms with Crippen LogP contribution in [-0.2, 0) is 9.59 Å². The van der Waals surface area contributed by atoms with E-state index in [0.29, 0.717) is 11.1 Å². The molecule has 0 radical (unpaired) electrons. The second kappa shape index (κ2) is 9.46. The molecular weight excluding hydrogens is 248 g/mol. The van der Waals surface area contributed by atoms with Gasteiger partial charge in [-0.1, -0.05) is 53.0 Å². The SMILES string of the molecule is C=C/C(C(=O)C(CC)CC)=C(\C=C)C(=O)C(CC)CC. The Hall–Kier alpha value is -1.44. The van der Waals surface area contributed by atoms with Gasteiger partial charge in [-0.05, 0) is 25.7 Å². The van der Waals surface area contributed by atoms with Gasteiger partial charge in [0.05, 0.1) is 0 Å². The number of hydrogen-bond acceptors (Lipinski definition) is 2. The van der Waals surface area contributed by atoms with Gasteiger partial charge in [0, 0.05) is 23.0 Å². The van der Waals surface area contributed by atoms with Crippen LogP contribution < -0.4 is 0 Å². The molecule has 0 spiro atoms. The van der Waals surface area contributed by atoms with Crippen LogP contribution in [-0.4, -0.2) is 11.6 Å². The first-order valence-electron chi connectivity index (χ1n) is 7.59. The maximum Gasteiger partial charge on any atom is 0.166 e. The molecule has 0 aliphatic heterocycles. The van der Waals surface area contributed by atoms with E-state index in [1.807, 2.05) is 27.7 Å². The molecule has 0 aromatic heterocycles. The second-order valence-electron chi connectivity index (χ2n) is 4.99. The maximum atomic E-state index is 12.5. The van der Waals surface area contributed by atoms with Crippen molar-refractivity contribution >= 4 is 11.6 Å². The molecular formula is C18H28O2. The molecule has 0 amide bonds. The number of hydrogen-bond donors (Lipinski definition) is 0. The van der Waals surface area contributed by atoms with Crippen LogP contribution in [0, 0.1) is 11.8 Å². The van der Waals surface area contributed by atoms with Gasteiger partial charge in [0.25, 0.3) is 0 Å². The van der Waals surface area contributed by atoms with Crippen LogP contribution in [0.4, 0.5) is 0 Å². The molecule has 20 heavy (non-hydrogen) atoms. The van der Waals surface area contributed by atoms with Crippen molar-refractivity contribution in [1.82, 2.24) is 0 Å². The smallest absolute Gasteiger partial charge is 0.166 e. The minimum Gasteiger partial charge on any atom is -0.294 e. The van der Waals surface area contributed by atoms with Crippen molar-refractivity contribution in [2.45, 2.75) is 53.4 Å². The van der Waals surface area contributed by atoms with Crippen LogP contribution in [0.25, 0.3) is 0 Å². The molecule has 0 aromatic carbocycles. The van der Waals surface area contributed by atoms with E-state index in [2.05, 4.69) is 13.2 Å². The Balaban J connectivity index is 5.69. The molecule has 0 N–H and O–H groups in total. The summed E-state index contributed by atoms with van der Waals surface area (Å²) in [6, 6.07) is 0. The van der Waals surface area contributed by atoms with Gasteiger partial charge in [-0.3, -0.25) is 9.59 Å². The Morgan fingerprint density at radius 3 is 1.15 bits per heavy atom. The summed E-state index contributed by atoms with van der Waals surface area (Å²) in [5.41, 5.74) is 0.871. The number of rotatable bonds is 10. The third kappa shape index (κ3) is 4.29. The maximum absolute atomic E-state index is 12.5. The summed E-state index contributed by atoms with van der Waals surface area (Å²) in [5.74, 6) is -0.0710. The highest BCUT2D eigenvalue weighted by Crippen LogP contribution is 2.23.